The third-order valence-corrected chi connectivity index (χ3v) is 11.1. The molecule has 244 valence electrons. The third-order valence-electron chi connectivity index (χ3n) is 11.1. The van der Waals surface area contributed by atoms with E-state index in [2.05, 4.69) is 148 Å². The fourth-order valence-electron chi connectivity index (χ4n) is 8.51. The first-order valence-electron chi connectivity index (χ1n) is 17.7. The van der Waals surface area contributed by atoms with E-state index in [0.717, 1.165) is 45.1 Å². The van der Waals surface area contributed by atoms with Gasteiger partial charge in [0, 0.05) is 27.2 Å². The molecule has 0 fully saturated rings. The SMILES string of the molecule is CC12C=CC=CC1=CC=C(c1nc(-c3ccc4c(c3)-c3cccc(-c5ccccc5)c3C4(C)C)nc(-c3cccc4c3oc3ccccc34)n1)C2. The summed E-state index contributed by atoms with van der Waals surface area (Å²) in [6.07, 6.45) is 13.9. The summed E-state index contributed by atoms with van der Waals surface area (Å²) in [6.45, 7) is 6.96. The first-order valence-corrected chi connectivity index (χ1v) is 17.7. The van der Waals surface area contributed by atoms with Crippen LogP contribution in [0.5, 0.6) is 0 Å². The molecule has 10 rings (SSSR count). The molecule has 0 radical (unpaired) electrons. The lowest BCUT2D eigenvalue weighted by Crippen LogP contribution is -2.21. The Morgan fingerprint density at radius 2 is 1.33 bits per heavy atom. The Bertz CT molecular complexity index is 2710. The molecule has 0 N–H and O–H groups in total. The van der Waals surface area contributed by atoms with Gasteiger partial charge in [-0.25, -0.2) is 15.0 Å². The lowest BCUT2D eigenvalue weighted by Gasteiger charge is -2.33. The monoisotopic (exact) mass is 657 g/mol. The van der Waals surface area contributed by atoms with Gasteiger partial charge in [-0.15, -0.1) is 0 Å². The lowest BCUT2D eigenvalue weighted by atomic mass is 9.71. The maximum absolute atomic E-state index is 6.48. The zero-order chi connectivity index (χ0) is 34.3. The van der Waals surface area contributed by atoms with Gasteiger partial charge in [-0.1, -0.05) is 148 Å². The second-order valence-corrected chi connectivity index (χ2v) is 14.7. The third kappa shape index (κ3) is 4.56. The summed E-state index contributed by atoms with van der Waals surface area (Å²) < 4.78 is 6.48. The number of hydrogen-bond donors (Lipinski definition) is 0. The van der Waals surface area contributed by atoms with Crippen LogP contribution in [0.2, 0.25) is 0 Å². The van der Waals surface area contributed by atoms with Crippen molar-refractivity contribution in [1.29, 1.82) is 0 Å². The maximum atomic E-state index is 6.48. The highest BCUT2D eigenvalue weighted by Gasteiger charge is 2.38. The van der Waals surface area contributed by atoms with Crippen LogP contribution in [0.4, 0.5) is 0 Å². The smallest absolute Gasteiger partial charge is 0.167 e. The van der Waals surface area contributed by atoms with Crippen LogP contribution in [-0.2, 0) is 5.41 Å². The van der Waals surface area contributed by atoms with Gasteiger partial charge in [0.05, 0.1) is 5.56 Å². The van der Waals surface area contributed by atoms with Crippen molar-refractivity contribution in [2.45, 2.75) is 32.6 Å². The van der Waals surface area contributed by atoms with E-state index in [1.807, 2.05) is 18.2 Å². The number of hydrogen-bond acceptors (Lipinski definition) is 4. The molecule has 0 saturated carbocycles. The molecule has 2 aromatic heterocycles. The molecule has 4 heteroatoms. The van der Waals surface area contributed by atoms with Gasteiger partial charge in [0.1, 0.15) is 11.2 Å². The topological polar surface area (TPSA) is 51.8 Å². The summed E-state index contributed by atoms with van der Waals surface area (Å²) in [5, 5.41) is 2.13. The molecule has 51 heavy (non-hydrogen) atoms. The zero-order valence-corrected chi connectivity index (χ0v) is 28.8. The van der Waals surface area contributed by atoms with E-state index in [1.54, 1.807) is 0 Å². The number of rotatable bonds is 4. The molecule has 5 aromatic carbocycles. The standard InChI is InChI=1S/C47H35N3O/c1-46(2)39-25-23-30(27-38(39)35-18-11-17-33(41(35)46)29-13-5-4-6-14-29)43-48-44(31-22-24-32-15-9-10-26-47(32,3)28-31)50-45(49-43)37-20-12-19-36-34-16-7-8-21-40(34)51-42(36)37/h4-27H,28H2,1-3H3. The van der Waals surface area contributed by atoms with Gasteiger partial charge >= 0.3 is 0 Å². The van der Waals surface area contributed by atoms with Crippen molar-refractivity contribution in [1.82, 2.24) is 15.0 Å². The summed E-state index contributed by atoms with van der Waals surface area (Å²) >= 11 is 0. The Kier molecular flexibility index (Phi) is 6.38. The number of furan rings is 1. The molecule has 7 aromatic rings. The fourth-order valence-corrected chi connectivity index (χ4v) is 8.51. The van der Waals surface area contributed by atoms with Crippen molar-refractivity contribution in [3.05, 3.63) is 168 Å². The molecular weight excluding hydrogens is 623 g/mol. The second-order valence-electron chi connectivity index (χ2n) is 14.7. The van der Waals surface area contributed by atoms with Crippen LogP contribution in [0.1, 0.15) is 44.1 Å². The van der Waals surface area contributed by atoms with Crippen LogP contribution in [0.15, 0.2) is 156 Å². The first-order chi connectivity index (χ1) is 24.9. The normalized spacial score (nSPS) is 18.3. The molecule has 1 atom stereocenters. The van der Waals surface area contributed by atoms with Gasteiger partial charge in [-0.05, 0) is 69.1 Å². The van der Waals surface area contributed by atoms with Gasteiger partial charge < -0.3 is 4.42 Å². The Labute approximate surface area is 297 Å². The molecule has 0 amide bonds. The molecule has 1 unspecified atom stereocenters. The molecule has 4 nitrogen and oxygen atoms in total. The molecular formula is C47H35N3O. The minimum absolute atomic E-state index is 0.121. The van der Waals surface area contributed by atoms with Gasteiger partial charge in [0.2, 0.25) is 0 Å². The highest BCUT2D eigenvalue weighted by molar-refractivity contribution is 6.09. The predicted molar refractivity (Wildman–Crippen MR) is 208 cm³/mol. The van der Waals surface area contributed by atoms with Crippen LogP contribution in [0.3, 0.4) is 0 Å². The van der Waals surface area contributed by atoms with Crippen LogP contribution in [-0.4, -0.2) is 15.0 Å². The minimum Gasteiger partial charge on any atom is -0.455 e. The average molecular weight is 658 g/mol. The fraction of sp³-hybridized carbons (Fsp3) is 0.128. The van der Waals surface area contributed by atoms with Crippen molar-refractivity contribution in [3.8, 4) is 45.0 Å². The Hall–Kier alpha value is -6.13. The molecule has 0 saturated heterocycles. The molecule has 0 spiro atoms. The first kappa shape index (κ1) is 29.8. The van der Waals surface area contributed by atoms with Crippen LogP contribution >= 0.6 is 0 Å². The summed E-state index contributed by atoms with van der Waals surface area (Å²) in [6, 6.07) is 38.5. The van der Waals surface area contributed by atoms with Crippen molar-refractivity contribution in [2.24, 2.45) is 5.41 Å². The second kappa shape index (κ2) is 10.9. The Morgan fingerprint density at radius 1 is 0.588 bits per heavy atom. The maximum Gasteiger partial charge on any atom is 0.167 e. The average Bonchev–Trinajstić information content (AvgIpc) is 3.66. The molecule has 3 aliphatic rings. The lowest BCUT2D eigenvalue weighted by molar-refractivity contribution is 0.533. The Morgan fingerprint density at radius 3 is 2.24 bits per heavy atom. The van der Waals surface area contributed by atoms with E-state index in [4.69, 9.17) is 19.4 Å². The molecule has 2 heterocycles. The van der Waals surface area contributed by atoms with Crippen molar-refractivity contribution >= 4 is 27.5 Å². The van der Waals surface area contributed by atoms with E-state index < -0.39 is 0 Å². The number of benzene rings is 5. The number of para-hydroxylation sites is 2. The van der Waals surface area contributed by atoms with Gasteiger partial charge in [-0.3, -0.25) is 0 Å². The predicted octanol–water partition coefficient (Wildman–Crippen LogP) is 11.9. The van der Waals surface area contributed by atoms with Crippen LogP contribution in [0.25, 0.3) is 72.5 Å². The number of allylic oxidation sites excluding steroid dienone is 8. The van der Waals surface area contributed by atoms with E-state index in [-0.39, 0.29) is 10.8 Å². The number of fused-ring (bicyclic) bond motifs is 7. The van der Waals surface area contributed by atoms with E-state index in [1.165, 1.54) is 39.0 Å². The highest BCUT2D eigenvalue weighted by atomic mass is 16.3. The molecule has 0 aliphatic heterocycles. The minimum atomic E-state index is -0.170. The number of aromatic nitrogens is 3. The van der Waals surface area contributed by atoms with Gasteiger partial charge in [0.25, 0.3) is 0 Å². The van der Waals surface area contributed by atoms with Crippen molar-refractivity contribution in [2.75, 3.05) is 0 Å². The van der Waals surface area contributed by atoms with Crippen LogP contribution in [0, 0.1) is 5.41 Å². The zero-order valence-electron chi connectivity index (χ0n) is 28.8. The van der Waals surface area contributed by atoms with Gasteiger partial charge in [0.15, 0.2) is 17.5 Å². The Balaban J connectivity index is 1.17. The summed E-state index contributed by atoms with van der Waals surface area (Å²) in [5.74, 6) is 1.94. The van der Waals surface area contributed by atoms with E-state index in [0.29, 0.717) is 17.5 Å². The van der Waals surface area contributed by atoms with Crippen molar-refractivity contribution in [3.63, 3.8) is 0 Å². The van der Waals surface area contributed by atoms with E-state index >= 15 is 0 Å². The van der Waals surface area contributed by atoms with E-state index in [9.17, 15) is 0 Å². The molecule has 3 aliphatic carbocycles. The summed E-state index contributed by atoms with van der Waals surface area (Å²) in [7, 11) is 0. The largest absolute Gasteiger partial charge is 0.455 e. The number of nitrogens with zero attached hydrogens (tertiary/aromatic N) is 3. The molecule has 0 bridgehead atoms. The quantitative estimate of drug-likeness (QED) is 0.189. The summed E-state index contributed by atoms with van der Waals surface area (Å²) in [4.78, 5) is 15.7. The van der Waals surface area contributed by atoms with Crippen LogP contribution < -0.4 is 0 Å². The summed E-state index contributed by atoms with van der Waals surface area (Å²) in [5.41, 5.74) is 13.2. The highest BCUT2D eigenvalue weighted by Crippen LogP contribution is 2.53. The van der Waals surface area contributed by atoms with Crippen molar-refractivity contribution < 1.29 is 4.42 Å². The van der Waals surface area contributed by atoms with Gasteiger partial charge in [-0.2, -0.15) is 0 Å².